The van der Waals surface area contributed by atoms with E-state index >= 15 is 0 Å². The third kappa shape index (κ3) is 0.710. The van der Waals surface area contributed by atoms with E-state index in [4.69, 9.17) is 5.11 Å². The van der Waals surface area contributed by atoms with Gasteiger partial charge in [0.15, 0.2) is 0 Å². The van der Waals surface area contributed by atoms with E-state index in [1.807, 2.05) is 0 Å². The molecular formula is C8H14O. The summed E-state index contributed by atoms with van der Waals surface area (Å²) < 4.78 is 0. The Hall–Kier alpha value is -0.0400. The Balaban J connectivity index is 1.95. The molecule has 0 radical (unpaired) electrons. The molecule has 0 bridgehead atoms. The molecule has 2 aliphatic rings. The van der Waals surface area contributed by atoms with Crippen LogP contribution in [0.2, 0.25) is 0 Å². The maximum atomic E-state index is 8.82. The molecule has 1 N–H and O–H groups in total. The predicted octanol–water partition coefficient (Wildman–Crippen LogP) is 1.41. The lowest BCUT2D eigenvalue weighted by Crippen LogP contribution is -2.02. The second-order valence-electron chi connectivity index (χ2n) is 3.86. The maximum absolute atomic E-state index is 8.82. The number of aliphatic hydroxyl groups excluding tert-OH is 1. The first-order chi connectivity index (χ1) is 4.27. The summed E-state index contributed by atoms with van der Waals surface area (Å²) in [5.74, 6) is 1.64. The number of rotatable bonds is 2. The van der Waals surface area contributed by atoms with Crippen molar-refractivity contribution in [3.63, 3.8) is 0 Å². The van der Waals surface area contributed by atoms with Gasteiger partial charge < -0.3 is 5.11 Å². The largest absolute Gasteiger partial charge is 0.396 e. The molecule has 2 fully saturated rings. The summed E-state index contributed by atoms with van der Waals surface area (Å²) in [4.78, 5) is 0. The van der Waals surface area contributed by atoms with E-state index in [0.717, 1.165) is 5.92 Å². The maximum Gasteiger partial charge on any atom is 0.0464 e. The lowest BCUT2D eigenvalue weighted by Gasteiger charge is -2.05. The molecule has 0 aliphatic heterocycles. The van der Waals surface area contributed by atoms with Crippen LogP contribution in [0.4, 0.5) is 0 Å². The average Bonchev–Trinajstić information content (AvgIpc) is 2.54. The van der Waals surface area contributed by atoms with Crippen molar-refractivity contribution < 1.29 is 5.11 Å². The summed E-state index contributed by atoms with van der Waals surface area (Å²) >= 11 is 0. The van der Waals surface area contributed by atoms with E-state index in [2.05, 4.69) is 6.92 Å². The molecule has 1 heteroatoms. The minimum Gasteiger partial charge on any atom is -0.396 e. The molecule has 0 aromatic heterocycles. The molecule has 1 nitrogen and oxygen atoms in total. The third-order valence-corrected chi connectivity index (χ3v) is 3.19. The second-order valence-corrected chi connectivity index (χ2v) is 3.86. The van der Waals surface area contributed by atoms with Crippen molar-refractivity contribution in [1.82, 2.24) is 0 Å². The van der Waals surface area contributed by atoms with Crippen molar-refractivity contribution in [3.8, 4) is 0 Å². The van der Waals surface area contributed by atoms with E-state index < -0.39 is 0 Å². The first kappa shape index (κ1) is 5.72. The molecule has 0 saturated heterocycles. The number of hydrogen-bond donors (Lipinski definition) is 1. The van der Waals surface area contributed by atoms with Gasteiger partial charge in [-0.05, 0) is 36.5 Å². The van der Waals surface area contributed by atoms with Crippen LogP contribution in [0, 0.1) is 17.3 Å². The summed E-state index contributed by atoms with van der Waals surface area (Å²) in [7, 11) is 0. The quantitative estimate of drug-likeness (QED) is 0.593. The SMILES string of the molecule is CC1(C2CC2)CC1CO. The van der Waals surface area contributed by atoms with Crippen molar-refractivity contribution >= 4 is 0 Å². The van der Waals surface area contributed by atoms with Crippen LogP contribution in [-0.2, 0) is 0 Å². The van der Waals surface area contributed by atoms with Crippen LogP contribution in [0.15, 0.2) is 0 Å². The molecule has 0 aromatic rings. The molecule has 0 spiro atoms. The number of hydrogen-bond acceptors (Lipinski definition) is 1. The fraction of sp³-hybridized carbons (Fsp3) is 1.00. The lowest BCUT2D eigenvalue weighted by atomic mass is 10.0. The smallest absolute Gasteiger partial charge is 0.0464 e. The highest BCUT2D eigenvalue weighted by molar-refractivity contribution is 5.06. The van der Waals surface area contributed by atoms with E-state index in [9.17, 15) is 0 Å². The molecule has 2 saturated carbocycles. The standard InChI is InChI=1S/C8H14O/c1-8(6-2-3-6)4-7(8)5-9/h6-7,9H,2-5H2,1H3. The Morgan fingerprint density at radius 1 is 1.56 bits per heavy atom. The zero-order valence-corrected chi connectivity index (χ0v) is 5.93. The summed E-state index contributed by atoms with van der Waals surface area (Å²) in [6, 6.07) is 0. The molecule has 52 valence electrons. The van der Waals surface area contributed by atoms with Gasteiger partial charge in [-0.2, -0.15) is 0 Å². The van der Waals surface area contributed by atoms with Gasteiger partial charge in [0.2, 0.25) is 0 Å². The molecule has 0 amide bonds. The summed E-state index contributed by atoms with van der Waals surface area (Å²) in [5, 5.41) is 8.82. The second kappa shape index (κ2) is 1.51. The molecule has 9 heavy (non-hydrogen) atoms. The minimum atomic E-state index is 0.424. The van der Waals surface area contributed by atoms with Crippen LogP contribution in [0.3, 0.4) is 0 Å². The van der Waals surface area contributed by atoms with Crippen molar-refractivity contribution in [3.05, 3.63) is 0 Å². The Bertz CT molecular complexity index is 129. The van der Waals surface area contributed by atoms with Gasteiger partial charge in [0, 0.05) is 6.61 Å². The Morgan fingerprint density at radius 2 is 2.22 bits per heavy atom. The van der Waals surface area contributed by atoms with Gasteiger partial charge in [0.1, 0.15) is 0 Å². The monoisotopic (exact) mass is 126 g/mol. The zero-order valence-electron chi connectivity index (χ0n) is 5.93. The zero-order chi connectivity index (χ0) is 6.48. The van der Waals surface area contributed by atoms with Gasteiger partial charge in [-0.15, -0.1) is 0 Å². The molecule has 2 unspecified atom stereocenters. The molecule has 2 rings (SSSR count). The first-order valence-electron chi connectivity index (χ1n) is 3.88. The Kier molecular flexibility index (Phi) is 0.963. The normalized spacial score (nSPS) is 49.3. The van der Waals surface area contributed by atoms with Crippen molar-refractivity contribution in [1.29, 1.82) is 0 Å². The topological polar surface area (TPSA) is 20.2 Å². The highest BCUT2D eigenvalue weighted by Gasteiger charge is 2.57. The van der Waals surface area contributed by atoms with Gasteiger partial charge in [-0.25, -0.2) is 0 Å². The van der Waals surface area contributed by atoms with Crippen LogP contribution in [0.5, 0.6) is 0 Å². The predicted molar refractivity (Wildman–Crippen MR) is 36.0 cm³/mol. The van der Waals surface area contributed by atoms with Crippen LogP contribution >= 0.6 is 0 Å². The van der Waals surface area contributed by atoms with Gasteiger partial charge in [-0.1, -0.05) is 6.92 Å². The fourth-order valence-corrected chi connectivity index (χ4v) is 1.99. The van der Waals surface area contributed by atoms with Crippen molar-refractivity contribution in [2.75, 3.05) is 6.61 Å². The van der Waals surface area contributed by atoms with Gasteiger partial charge in [-0.3, -0.25) is 0 Å². The van der Waals surface area contributed by atoms with Crippen LogP contribution in [0.25, 0.3) is 0 Å². The van der Waals surface area contributed by atoms with E-state index in [-0.39, 0.29) is 0 Å². The highest BCUT2D eigenvalue weighted by atomic mass is 16.3. The number of aliphatic hydroxyl groups is 1. The van der Waals surface area contributed by atoms with Crippen molar-refractivity contribution in [2.45, 2.75) is 26.2 Å². The third-order valence-electron chi connectivity index (χ3n) is 3.19. The summed E-state index contributed by atoms with van der Waals surface area (Å²) in [6.07, 6.45) is 4.13. The highest BCUT2D eigenvalue weighted by Crippen LogP contribution is 2.64. The van der Waals surface area contributed by atoms with Crippen LogP contribution < -0.4 is 0 Å². The molecule has 2 atom stereocenters. The average molecular weight is 126 g/mol. The van der Waals surface area contributed by atoms with Gasteiger partial charge >= 0.3 is 0 Å². The summed E-state index contributed by atoms with van der Waals surface area (Å²) in [5.41, 5.74) is 0.578. The molecular weight excluding hydrogens is 112 g/mol. The molecule has 2 aliphatic carbocycles. The Morgan fingerprint density at radius 3 is 2.56 bits per heavy atom. The molecule has 0 aromatic carbocycles. The van der Waals surface area contributed by atoms with E-state index in [0.29, 0.717) is 17.9 Å². The van der Waals surface area contributed by atoms with E-state index in [1.54, 1.807) is 0 Å². The lowest BCUT2D eigenvalue weighted by molar-refractivity contribution is 0.245. The molecule has 0 heterocycles. The first-order valence-corrected chi connectivity index (χ1v) is 3.88. The van der Waals surface area contributed by atoms with E-state index in [1.165, 1.54) is 19.3 Å². The van der Waals surface area contributed by atoms with Crippen LogP contribution in [-0.4, -0.2) is 11.7 Å². The van der Waals surface area contributed by atoms with Gasteiger partial charge in [0.05, 0.1) is 0 Å². The summed E-state index contributed by atoms with van der Waals surface area (Å²) in [6.45, 7) is 2.75. The fourth-order valence-electron chi connectivity index (χ4n) is 1.99. The van der Waals surface area contributed by atoms with Crippen LogP contribution in [0.1, 0.15) is 26.2 Å². The van der Waals surface area contributed by atoms with Crippen molar-refractivity contribution in [2.24, 2.45) is 17.3 Å². The Labute approximate surface area is 56.1 Å². The van der Waals surface area contributed by atoms with Gasteiger partial charge in [0.25, 0.3) is 0 Å². The minimum absolute atomic E-state index is 0.424.